The molecule has 8 nitrogen and oxygen atoms in total. The number of hydrogen-bond donors (Lipinski definition) is 1. The van der Waals surface area contributed by atoms with E-state index in [1.807, 2.05) is 15.2 Å². The zero-order chi connectivity index (χ0) is 19.0. The molecule has 1 aromatic heterocycles. The average molecular weight is 391 g/mol. The lowest BCUT2D eigenvalue weighted by atomic mass is 10.2. The van der Waals surface area contributed by atoms with E-state index in [0.29, 0.717) is 56.0 Å². The second kappa shape index (κ2) is 7.46. The predicted molar refractivity (Wildman–Crippen MR) is 102 cm³/mol. The zero-order valence-electron chi connectivity index (χ0n) is 15.5. The zero-order valence-corrected chi connectivity index (χ0v) is 16.3. The molecule has 1 aromatic rings. The van der Waals surface area contributed by atoms with Gasteiger partial charge in [-0.2, -0.15) is 0 Å². The van der Waals surface area contributed by atoms with Crippen LogP contribution in [0.1, 0.15) is 25.5 Å². The van der Waals surface area contributed by atoms with Gasteiger partial charge in [0.05, 0.1) is 12.1 Å². The third kappa shape index (κ3) is 3.92. The summed E-state index contributed by atoms with van der Waals surface area (Å²) in [6, 6.07) is -0.126. The molecule has 4 rings (SSSR count). The Hall–Kier alpha value is -2.16. The topological polar surface area (TPSA) is 85.9 Å². The third-order valence-electron chi connectivity index (χ3n) is 5.55. The van der Waals surface area contributed by atoms with Gasteiger partial charge in [-0.15, -0.1) is 11.3 Å². The van der Waals surface area contributed by atoms with Crippen LogP contribution in [0.25, 0.3) is 0 Å². The Morgan fingerprint density at radius 1 is 1.22 bits per heavy atom. The summed E-state index contributed by atoms with van der Waals surface area (Å²) in [5.74, 6) is 0.992. The third-order valence-corrected chi connectivity index (χ3v) is 6.47. The number of amides is 4. The molecule has 27 heavy (non-hydrogen) atoms. The van der Waals surface area contributed by atoms with Gasteiger partial charge in [0.1, 0.15) is 0 Å². The van der Waals surface area contributed by atoms with Crippen LogP contribution in [0.15, 0.2) is 5.38 Å². The maximum absolute atomic E-state index is 12.6. The predicted octanol–water partition coefficient (Wildman–Crippen LogP) is 0.932. The second-order valence-electron chi connectivity index (χ2n) is 7.56. The lowest BCUT2D eigenvalue weighted by Crippen LogP contribution is -2.51. The highest BCUT2D eigenvalue weighted by Gasteiger charge is 2.42. The molecule has 0 spiro atoms. The number of nitrogens with zero attached hydrogens (tertiary/aromatic N) is 4. The van der Waals surface area contributed by atoms with Crippen LogP contribution < -0.4 is 10.2 Å². The summed E-state index contributed by atoms with van der Waals surface area (Å²) < 4.78 is 0. The maximum atomic E-state index is 12.6. The van der Waals surface area contributed by atoms with E-state index in [2.05, 4.69) is 17.2 Å². The van der Waals surface area contributed by atoms with Crippen molar-refractivity contribution in [2.45, 2.75) is 26.2 Å². The Bertz CT molecular complexity index is 743. The first-order chi connectivity index (χ1) is 13.0. The number of anilines is 1. The molecule has 2 aliphatic heterocycles. The van der Waals surface area contributed by atoms with Crippen LogP contribution in [0.5, 0.6) is 0 Å². The number of aromatic nitrogens is 1. The first kappa shape index (κ1) is 18.2. The lowest BCUT2D eigenvalue weighted by Gasteiger charge is -2.35. The van der Waals surface area contributed by atoms with Gasteiger partial charge in [0, 0.05) is 50.6 Å². The Morgan fingerprint density at radius 2 is 1.93 bits per heavy atom. The van der Waals surface area contributed by atoms with E-state index >= 15 is 0 Å². The summed E-state index contributed by atoms with van der Waals surface area (Å²) in [5, 5.41) is 5.30. The van der Waals surface area contributed by atoms with Gasteiger partial charge in [0.2, 0.25) is 11.8 Å². The van der Waals surface area contributed by atoms with Gasteiger partial charge in [0.25, 0.3) is 0 Å². The van der Waals surface area contributed by atoms with Crippen molar-refractivity contribution in [2.24, 2.45) is 11.8 Å². The first-order valence-electron chi connectivity index (χ1n) is 9.59. The monoisotopic (exact) mass is 391 g/mol. The van der Waals surface area contributed by atoms with Crippen LogP contribution in [0, 0.1) is 11.8 Å². The van der Waals surface area contributed by atoms with Crippen molar-refractivity contribution in [1.82, 2.24) is 20.1 Å². The van der Waals surface area contributed by atoms with Crippen LogP contribution in [0.4, 0.5) is 9.93 Å². The van der Waals surface area contributed by atoms with Gasteiger partial charge in [-0.25, -0.2) is 9.78 Å². The van der Waals surface area contributed by atoms with Crippen LogP contribution in [0.2, 0.25) is 0 Å². The standard InChI is InChI=1S/C18H25N5O3S/c1-12-9-14(12)16(25)22-7-5-21(6-8-22)15(24)10-13-11-27-18(20-13)23-4-2-3-19-17(23)26/h11-12,14H,2-10H2,1H3,(H,19,26). The Labute approximate surface area is 162 Å². The van der Waals surface area contributed by atoms with Gasteiger partial charge in [-0.1, -0.05) is 6.92 Å². The van der Waals surface area contributed by atoms with Crippen LogP contribution in [-0.4, -0.2) is 71.9 Å². The van der Waals surface area contributed by atoms with E-state index < -0.39 is 0 Å². The number of thiazole rings is 1. The minimum Gasteiger partial charge on any atom is -0.339 e. The summed E-state index contributed by atoms with van der Waals surface area (Å²) in [4.78, 5) is 46.6. The Balaban J connectivity index is 1.28. The summed E-state index contributed by atoms with van der Waals surface area (Å²) in [6.45, 7) is 5.85. The SMILES string of the molecule is CC1CC1C(=O)N1CCN(C(=O)Cc2csc(N3CCCNC3=O)n2)CC1. The normalized spacial score (nSPS) is 25.4. The fourth-order valence-electron chi connectivity index (χ4n) is 3.66. The number of nitrogens with one attached hydrogen (secondary N) is 1. The van der Waals surface area contributed by atoms with Crippen molar-refractivity contribution in [3.8, 4) is 0 Å². The van der Waals surface area contributed by atoms with E-state index in [1.54, 1.807) is 4.90 Å². The maximum Gasteiger partial charge on any atom is 0.323 e. The molecule has 0 aromatic carbocycles. The minimum absolute atomic E-state index is 0.0295. The number of urea groups is 1. The van der Waals surface area contributed by atoms with Gasteiger partial charge in [-0.05, 0) is 18.8 Å². The average Bonchev–Trinajstić information content (AvgIpc) is 3.23. The van der Waals surface area contributed by atoms with Crippen molar-refractivity contribution in [3.05, 3.63) is 11.1 Å². The van der Waals surface area contributed by atoms with E-state index in [1.165, 1.54) is 11.3 Å². The number of hydrogen-bond acceptors (Lipinski definition) is 5. The molecule has 4 amide bonds. The molecule has 1 N–H and O–H groups in total. The van der Waals surface area contributed by atoms with Crippen LogP contribution in [-0.2, 0) is 16.0 Å². The highest BCUT2D eigenvalue weighted by molar-refractivity contribution is 7.14. The molecule has 2 saturated heterocycles. The summed E-state index contributed by atoms with van der Waals surface area (Å²) >= 11 is 1.39. The molecule has 2 unspecified atom stereocenters. The van der Waals surface area contributed by atoms with Crippen molar-refractivity contribution >= 4 is 34.3 Å². The quantitative estimate of drug-likeness (QED) is 0.827. The van der Waals surface area contributed by atoms with Crippen LogP contribution in [0.3, 0.4) is 0 Å². The molecular weight excluding hydrogens is 366 g/mol. The van der Waals surface area contributed by atoms with Crippen molar-refractivity contribution in [3.63, 3.8) is 0 Å². The molecule has 3 heterocycles. The fourth-order valence-corrected chi connectivity index (χ4v) is 4.51. The van der Waals surface area contributed by atoms with Gasteiger partial charge in [-0.3, -0.25) is 14.5 Å². The highest BCUT2D eigenvalue weighted by Crippen LogP contribution is 2.39. The molecule has 0 bridgehead atoms. The smallest absolute Gasteiger partial charge is 0.323 e. The van der Waals surface area contributed by atoms with E-state index in [-0.39, 0.29) is 30.2 Å². The largest absolute Gasteiger partial charge is 0.339 e. The van der Waals surface area contributed by atoms with Gasteiger partial charge >= 0.3 is 6.03 Å². The number of carbonyl (C=O) groups is 3. The van der Waals surface area contributed by atoms with Gasteiger partial charge in [0.15, 0.2) is 5.13 Å². The number of piperazine rings is 1. The molecule has 2 atom stereocenters. The minimum atomic E-state index is -0.126. The van der Waals surface area contributed by atoms with Gasteiger partial charge < -0.3 is 15.1 Å². The summed E-state index contributed by atoms with van der Waals surface area (Å²) in [5.41, 5.74) is 0.698. The van der Waals surface area contributed by atoms with Crippen molar-refractivity contribution in [2.75, 3.05) is 44.2 Å². The molecule has 0 radical (unpaired) electrons. The molecule has 146 valence electrons. The van der Waals surface area contributed by atoms with E-state index in [4.69, 9.17) is 0 Å². The molecule has 1 aliphatic carbocycles. The summed E-state index contributed by atoms with van der Waals surface area (Å²) in [6.07, 6.45) is 2.13. The molecule has 1 saturated carbocycles. The number of rotatable bonds is 4. The first-order valence-corrected chi connectivity index (χ1v) is 10.5. The fraction of sp³-hybridized carbons (Fsp3) is 0.667. The Kier molecular flexibility index (Phi) is 5.03. The van der Waals surface area contributed by atoms with E-state index in [0.717, 1.165) is 12.8 Å². The molecule has 3 aliphatic rings. The number of carbonyl (C=O) groups excluding carboxylic acids is 3. The second-order valence-corrected chi connectivity index (χ2v) is 8.40. The van der Waals surface area contributed by atoms with Crippen molar-refractivity contribution in [1.29, 1.82) is 0 Å². The van der Waals surface area contributed by atoms with Crippen LogP contribution >= 0.6 is 11.3 Å². The molecule has 3 fully saturated rings. The molecule has 9 heteroatoms. The van der Waals surface area contributed by atoms with Crippen molar-refractivity contribution < 1.29 is 14.4 Å². The lowest BCUT2D eigenvalue weighted by molar-refractivity contribution is -0.140. The van der Waals surface area contributed by atoms with E-state index in [9.17, 15) is 14.4 Å². The summed E-state index contributed by atoms with van der Waals surface area (Å²) in [7, 11) is 0. The highest BCUT2D eigenvalue weighted by atomic mass is 32.1. The molecular formula is C18H25N5O3S. The Morgan fingerprint density at radius 3 is 2.59 bits per heavy atom.